The van der Waals surface area contributed by atoms with Crippen molar-refractivity contribution in [1.82, 2.24) is 20.0 Å². The van der Waals surface area contributed by atoms with Crippen molar-refractivity contribution in [3.63, 3.8) is 0 Å². The molecule has 96 valence electrons. The van der Waals surface area contributed by atoms with Gasteiger partial charge in [0.1, 0.15) is 0 Å². The Morgan fingerprint density at radius 3 is 2.82 bits per heavy atom. The molecule has 0 spiro atoms. The fraction of sp³-hybridized carbons (Fsp3) is 0.636. The van der Waals surface area contributed by atoms with Gasteiger partial charge in [-0.3, -0.25) is 9.48 Å². The van der Waals surface area contributed by atoms with E-state index >= 15 is 0 Å². The topological polar surface area (TPSA) is 50.2 Å². The van der Waals surface area contributed by atoms with Crippen molar-refractivity contribution < 1.29 is 4.79 Å². The maximum Gasteiger partial charge on any atom is 0.257 e. The molecule has 1 aliphatic rings. The second kappa shape index (κ2) is 5.51. The summed E-state index contributed by atoms with van der Waals surface area (Å²) in [5.74, 6) is 0.0777. The molecule has 0 aromatic carbocycles. The van der Waals surface area contributed by atoms with Crippen molar-refractivity contribution in [2.45, 2.75) is 25.9 Å². The smallest absolute Gasteiger partial charge is 0.257 e. The van der Waals surface area contributed by atoms with E-state index in [1.165, 1.54) is 0 Å². The van der Waals surface area contributed by atoms with E-state index in [2.05, 4.69) is 24.3 Å². The van der Waals surface area contributed by atoms with Crippen molar-refractivity contribution in [3.05, 3.63) is 18.0 Å². The lowest BCUT2D eigenvalue weighted by Gasteiger charge is -2.38. The van der Waals surface area contributed by atoms with E-state index in [4.69, 9.17) is 0 Å². The van der Waals surface area contributed by atoms with Gasteiger partial charge in [0.2, 0.25) is 0 Å². The lowest BCUT2D eigenvalue weighted by molar-refractivity contribution is 0.0603. The number of rotatable bonds is 1. The van der Waals surface area contributed by atoms with Crippen LogP contribution in [0.4, 0.5) is 0 Å². The Morgan fingerprint density at radius 1 is 1.53 bits per heavy atom. The van der Waals surface area contributed by atoms with Gasteiger partial charge < -0.3 is 10.2 Å². The lowest BCUT2D eigenvalue weighted by atomic mass is 10.1. The summed E-state index contributed by atoms with van der Waals surface area (Å²) in [7, 11) is 1.82. The molecule has 2 unspecified atom stereocenters. The van der Waals surface area contributed by atoms with Gasteiger partial charge in [-0.1, -0.05) is 0 Å². The van der Waals surface area contributed by atoms with Crippen LogP contribution in [-0.2, 0) is 7.05 Å². The van der Waals surface area contributed by atoms with Gasteiger partial charge in [-0.25, -0.2) is 0 Å². The van der Waals surface area contributed by atoms with E-state index in [9.17, 15) is 4.79 Å². The summed E-state index contributed by atoms with van der Waals surface area (Å²) in [5.41, 5.74) is 0.670. The first kappa shape index (κ1) is 14.0. The molecule has 0 radical (unpaired) electrons. The predicted molar refractivity (Wildman–Crippen MR) is 68.4 cm³/mol. The molecule has 5 nitrogen and oxygen atoms in total. The number of carbonyl (C=O) groups is 1. The lowest BCUT2D eigenvalue weighted by Crippen LogP contribution is -2.57. The molecule has 2 rings (SSSR count). The minimum absolute atomic E-state index is 0. The third-order valence-corrected chi connectivity index (χ3v) is 3.25. The Kier molecular flexibility index (Phi) is 4.54. The van der Waals surface area contributed by atoms with E-state index < -0.39 is 0 Å². The Hall–Kier alpha value is -1.07. The Morgan fingerprint density at radius 2 is 2.24 bits per heavy atom. The van der Waals surface area contributed by atoms with Gasteiger partial charge in [0.05, 0.1) is 11.8 Å². The second-order valence-electron chi connectivity index (χ2n) is 4.38. The molecule has 1 aliphatic heterocycles. The molecular weight excluding hydrogens is 240 g/mol. The standard InChI is InChI=1S/C11H18N4O.ClH/c1-8-9(2)15(5-4-12-8)11(16)10-6-13-14(3)7-10;/h6-9,12H,4-5H2,1-3H3;1H. The van der Waals surface area contributed by atoms with Gasteiger partial charge >= 0.3 is 0 Å². The highest BCUT2D eigenvalue weighted by Gasteiger charge is 2.29. The van der Waals surface area contributed by atoms with Gasteiger partial charge in [0.25, 0.3) is 5.91 Å². The van der Waals surface area contributed by atoms with Crippen LogP contribution in [0, 0.1) is 0 Å². The average molecular weight is 259 g/mol. The van der Waals surface area contributed by atoms with Crippen LogP contribution < -0.4 is 5.32 Å². The average Bonchev–Trinajstić information content (AvgIpc) is 2.68. The van der Waals surface area contributed by atoms with Crippen molar-refractivity contribution in [3.8, 4) is 0 Å². The fourth-order valence-corrected chi connectivity index (χ4v) is 2.04. The Balaban J connectivity index is 0.00000144. The largest absolute Gasteiger partial charge is 0.333 e. The molecule has 6 heteroatoms. The van der Waals surface area contributed by atoms with Crippen LogP contribution in [0.25, 0.3) is 0 Å². The van der Waals surface area contributed by atoms with E-state index in [-0.39, 0.29) is 24.4 Å². The first-order valence-corrected chi connectivity index (χ1v) is 5.62. The van der Waals surface area contributed by atoms with Crippen LogP contribution in [0.5, 0.6) is 0 Å². The van der Waals surface area contributed by atoms with Crippen LogP contribution >= 0.6 is 12.4 Å². The molecule has 1 amide bonds. The molecule has 0 aliphatic carbocycles. The summed E-state index contributed by atoms with van der Waals surface area (Å²) in [6.07, 6.45) is 3.39. The molecule has 1 N–H and O–H groups in total. The molecule has 1 saturated heterocycles. The van der Waals surface area contributed by atoms with Crippen molar-refractivity contribution >= 4 is 18.3 Å². The molecule has 1 aromatic heterocycles. The van der Waals surface area contributed by atoms with Crippen LogP contribution in [0.1, 0.15) is 24.2 Å². The number of nitrogens with one attached hydrogen (secondary N) is 1. The first-order chi connectivity index (χ1) is 7.59. The minimum atomic E-state index is 0. The normalized spacial score (nSPS) is 24.3. The summed E-state index contributed by atoms with van der Waals surface area (Å²) < 4.78 is 1.66. The van der Waals surface area contributed by atoms with Crippen molar-refractivity contribution in [2.24, 2.45) is 7.05 Å². The zero-order valence-corrected chi connectivity index (χ0v) is 11.2. The van der Waals surface area contributed by atoms with Crippen LogP contribution in [0.3, 0.4) is 0 Å². The molecule has 2 atom stereocenters. The third kappa shape index (κ3) is 2.79. The summed E-state index contributed by atoms with van der Waals surface area (Å²) in [6, 6.07) is 0.566. The maximum absolute atomic E-state index is 12.2. The summed E-state index contributed by atoms with van der Waals surface area (Å²) >= 11 is 0. The first-order valence-electron chi connectivity index (χ1n) is 5.62. The molecule has 2 heterocycles. The van der Waals surface area contributed by atoms with Crippen LogP contribution in [0.2, 0.25) is 0 Å². The van der Waals surface area contributed by atoms with Crippen LogP contribution in [-0.4, -0.2) is 45.8 Å². The van der Waals surface area contributed by atoms with Crippen molar-refractivity contribution in [1.29, 1.82) is 0 Å². The molecule has 0 bridgehead atoms. The van der Waals surface area contributed by atoms with Crippen molar-refractivity contribution in [2.75, 3.05) is 13.1 Å². The number of aromatic nitrogens is 2. The quantitative estimate of drug-likeness (QED) is 0.805. The van der Waals surface area contributed by atoms with Gasteiger partial charge in [-0.2, -0.15) is 5.10 Å². The molecular formula is C11H19ClN4O. The van der Waals surface area contributed by atoms with E-state index in [0.29, 0.717) is 11.6 Å². The zero-order chi connectivity index (χ0) is 11.7. The van der Waals surface area contributed by atoms with E-state index in [1.54, 1.807) is 17.1 Å². The Bertz CT molecular complexity index is 393. The molecule has 1 fully saturated rings. The number of amides is 1. The number of piperazine rings is 1. The number of hydrogen-bond donors (Lipinski definition) is 1. The highest BCUT2D eigenvalue weighted by atomic mass is 35.5. The SMILES string of the molecule is CC1NCCN(C(=O)c2cnn(C)c2)C1C.Cl. The third-order valence-electron chi connectivity index (χ3n) is 3.25. The molecule has 1 aromatic rings. The van der Waals surface area contributed by atoms with Gasteiger partial charge in [-0.05, 0) is 13.8 Å². The monoisotopic (exact) mass is 258 g/mol. The highest BCUT2D eigenvalue weighted by Crippen LogP contribution is 2.13. The number of aryl methyl sites for hydroxylation is 1. The Labute approximate surface area is 108 Å². The van der Waals surface area contributed by atoms with E-state index in [0.717, 1.165) is 13.1 Å². The molecule has 17 heavy (non-hydrogen) atoms. The number of nitrogens with zero attached hydrogens (tertiary/aromatic N) is 3. The number of halogens is 1. The second-order valence-corrected chi connectivity index (χ2v) is 4.38. The summed E-state index contributed by atoms with van der Waals surface area (Å²) in [4.78, 5) is 14.1. The van der Waals surface area contributed by atoms with Gasteiger partial charge in [-0.15, -0.1) is 12.4 Å². The maximum atomic E-state index is 12.2. The van der Waals surface area contributed by atoms with Crippen LogP contribution in [0.15, 0.2) is 12.4 Å². The predicted octanol–water partition coefficient (Wildman–Crippen LogP) is 0.664. The zero-order valence-electron chi connectivity index (χ0n) is 10.4. The summed E-state index contributed by atoms with van der Waals surface area (Å²) in [6.45, 7) is 5.80. The highest BCUT2D eigenvalue weighted by molar-refractivity contribution is 5.94. The molecule has 0 saturated carbocycles. The number of hydrogen-bond acceptors (Lipinski definition) is 3. The van der Waals surface area contributed by atoms with Gasteiger partial charge in [0, 0.05) is 38.4 Å². The number of carbonyl (C=O) groups excluding carboxylic acids is 1. The summed E-state index contributed by atoms with van der Waals surface area (Å²) in [5, 5.41) is 7.39. The fourth-order valence-electron chi connectivity index (χ4n) is 2.04. The minimum Gasteiger partial charge on any atom is -0.333 e. The van der Waals surface area contributed by atoms with Gasteiger partial charge in [0.15, 0.2) is 0 Å². The van der Waals surface area contributed by atoms with E-state index in [1.807, 2.05) is 11.9 Å².